The van der Waals surface area contributed by atoms with E-state index in [2.05, 4.69) is 36.9 Å². The van der Waals surface area contributed by atoms with Crippen molar-refractivity contribution in [2.75, 3.05) is 31.1 Å². The first-order valence-corrected chi connectivity index (χ1v) is 10.6. The molecule has 0 atom stereocenters. The summed E-state index contributed by atoms with van der Waals surface area (Å²) in [7, 11) is 0. The summed E-state index contributed by atoms with van der Waals surface area (Å²) in [6.07, 6.45) is 0. The molecule has 30 heavy (non-hydrogen) atoms. The Bertz CT molecular complexity index is 1240. The standard InChI is InChI=1S/C20H21N7O2S/c1-13-3-5-15(6-4-13)18-22-16(29-24-18)12-25-7-9-26(10-8-25)20-23-27-17(28)11-14(2)21-19(27)30-20/h3-6,11H,7-10,12H2,1-2H3. The van der Waals surface area contributed by atoms with Crippen LogP contribution >= 0.6 is 11.3 Å². The fourth-order valence-electron chi connectivity index (χ4n) is 3.47. The number of nitrogens with zero attached hydrogens (tertiary/aromatic N) is 7. The molecule has 1 aliphatic heterocycles. The minimum absolute atomic E-state index is 0.139. The van der Waals surface area contributed by atoms with Gasteiger partial charge in [-0.3, -0.25) is 9.69 Å². The number of hydrogen-bond donors (Lipinski definition) is 0. The number of aryl methyl sites for hydroxylation is 2. The quantitative estimate of drug-likeness (QED) is 0.493. The van der Waals surface area contributed by atoms with Crippen LogP contribution < -0.4 is 10.5 Å². The maximum absolute atomic E-state index is 12.1. The lowest BCUT2D eigenvalue weighted by Gasteiger charge is -2.33. The van der Waals surface area contributed by atoms with E-state index >= 15 is 0 Å². The van der Waals surface area contributed by atoms with Gasteiger partial charge in [-0.15, -0.1) is 5.10 Å². The fraction of sp³-hybridized carbons (Fsp3) is 0.350. The second-order valence-electron chi connectivity index (χ2n) is 7.46. The van der Waals surface area contributed by atoms with Crippen LogP contribution in [-0.2, 0) is 6.54 Å². The number of aromatic nitrogens is 5. The van der Waals surface area contributed by atoms with Gasteiger partial charge in [-0.05, 0) is 13.8 Å². The largest absolute Gasteiger partial charge is 0.344 e. The predicted molar refractivity (Wildman–Crippen MR) is 114 cm³/mol. The molecule has 0 radical (unpaired) electrons. The third-order valence-corrected chi connectivity index (χ3v) is 6.11. The highest BCUT2D eigenvalue weighted by Crippen LogP contribution is 2.23. The van der Waals surface area contributed by atoms with Crippen molar-refractivity contribution >= 4 is 21.4 Å². The Labute approximate surface area is 176 Å². The third kappa shape index (κ3) is 3.71. The van der Waals surface area contributed by atoms with E-state index in [0.29, 0.717) is 28.9 Å². The Morgan fingerprint density at radius 1 is 1.07 bits per heavy atom. The first-order valence-electron chi connectivity index (χ1n) is 9.79. The fourth-order valence-corrected chi connectivity index (χ4v) is 4.47. The summed E-state index contributed by atoms with van der Waals surface area (Å²) < 4.78 is 6.83. The van der Waals surface area contributed by atoms with Gasteiger partial charge in [-0.2, -0.15) is 9.50 Å². The average molecular weight is 424 g/mol. The molecule has 0 unspecified atom stereocenters. The highest BCUT2D eigenvalue weighted by molar-refractivity contribution is 7.20. The Hall–Kier alpha value is -3.11. The zero-order valence-corrected chi connectivity index (χ0v) is 17.6. The Morgan fingerprint density at radius 3 is 2.60 bits per heavy atom. The molecule has 9 nitrogen and oxygen atoms in total. The number of fused-ring (bicyclic) bond motifs is 1. The molecule has 0 bridgehead atoms. The van der Waals surface area contributed by atoms with Gasteiger partial charge in [0.1, 0.15) is 0 Å². The summed E-state index contributed by atoms with van der Waals surface area (Å²) in [5.41, 5.74) is 2.73. The topological polar surface area (TPSA) is 92.7 Å². The predicted octanol–water partition coefficient (Wildman–Crippen LogP) is 2.14. The molecule has 3 aromatic heterocycles. The number of anilines is 1. The normalized spacial score (nSPS) is 15.2. The second kappa shape index (κ2) is 7.62. The maximum Gasteiger partial charge on any atom is 0.275 e. The monoisotopic (exact) mass is 423 g/mol. The molecular weight excluding hydrogens is 402 g/mol. The van der Waals surface area contributed by atoms with Crippen LogP contribution in [0.25, 0.3) is 16.3 Å². The highest BCUT2D eigenvalue weighted by Gasteiger charge is 2.22. The van der Waals surface area contributed by atoms with Gasteiger partial charge in [0.15, 0.2) is 0 Å². The number of piperazine rings is 1. The van der Waals surface area contributed by atoms with Crippen molar-refractivity contribution in [3.05, 3.63) is 57.8 Å². The van der Waals surface area contributed by atoms with E-state index in [0.717, 1.165) is 36.9 Å². The minimum Gasteiger partial charge on any atom is -0.344 e. The van der Waals surface area contributed by atoms with E-state index in [9.17, 15) is 4.79 Å². The van der Waals surface area contributed by atoms with Crippen LogP contribution in [0.1, 0.15) is 17.1 Å². The van der Waals surface area contributed by atoms with Crippen molar-refractivity contribution in [3.8, 4) is 11.4 Å². The summed E-state index contributed by atoms with van der Waals surface area (Å²) in [4.78, 5) is 26.1. The zero-order valence-electron chi connectivity index (χ0n) is 16.8. The zero-order chi connectivity index (χ0) is 20.7. The van der Waals surface area contributed by atoms with Crippen LogP contribution in [0, 0.1) is 13.8 Å². The van der Waals surface area contributed by atoms with E-state index in [-0.39, 0.29) is 5.56 Å². The van der Waals surface area contributed by atoms with Crippen molar-refractivity contribution in [1.29, 1.82) is 0 Å². The molecule has 10 heteroatoms. The van der Waals surface area contributed by atoms with E-state index in [1.807, 2.05) is 31.2 Å². The second-order valence-corrected chi connectivity index (χ2v) is 8.39. The minimum atomic E-state index is -0.139. The van der Waals surface area contributed by atoms with Gasteiger partial charge in [0, 0.05) is 43.5 Å². The maximum atomic E-state index is 12.1. The van der Waals surface area contributed by atoms with E-state index < -0.39 is 0 Å². The van der Waals surface area contributed by atoms with Crippen LogP contribution in [-0.4, -0.2) is 55.8 Å². The lowest BCUT2D eigenvalue weighted by Crippen LogP contribution is -2.46. The van der Waals surface area contributed by atoms with E-state index in [1.165, 1.54) is 27.5 Å². The van der Waals surface area contributed by atoms with E-state index in [4.69, 9.17) is 4.52 Å². The number of rotatable bonds is 4. The van der Waals surface area contributed by atoms with Crippen LogP contribution in [0.2, 0.25) is 0 Å². The summed E-state index contributed by atoms with van der Waals surface area (Å²) in [5.74, 6) is 1.23. The van der Waals surface area contributed by atoms with Crippen LogP contribution in [0.3, 0.4) is 0 Å². The average Bonchev–Trinajstić information content (AvgIpc) is 3.36. The van der Waals surface area contributed by atoms with Gasteiger partial charge >= 0.3 is 0 Å². The molecule has 0 spiro atoms. The van der Waals surface area contributed by atoms with Crippen molar-refractivity contribution in [2.24, 2.45) is 0 Å². The highest BCUT2D eigenvalue weighted by atomic mass is 32.1. The lowest BCUT2D eigenvalue weighted by atomic mass is 10.1. The van der Waals surface area contributed by atoms with Crippen LogP contribution in [0.15, 0.2) is 39.6 Å². The third-order valence-electron chi connectivity index (χ3n) is 5.14. The molecule has 0 N–H and O–H groups in total. The van der Waals surface area contributed by atoms with Crippen molar-refractivity contribution in [1.82, 2.24) is 29.6 Å². The molecular formula is C20H21N7O2S. The molecule has 1 saturated heterocycles. The molecule has 0 aliphatic carbocycles. The Kier molecular flexibility index (Phi) is 4.80. The SMILES string of the molecule is Cc1ccc(-c2noc(CN3CCN(c4nn5c(=O)cc(C)nc5s4)CC3)n2)cc1. The van der Waals surface area contributed by atoms with Gasteiger partial charge in [-0.1, -0.05) is 46.3 Å². The van der Waals surface area contributed by atoms with Gasteiger partial charge in [0.25, 0.3) is 5.56 Å². The smallest absolute Gasteiger partial charge is 0.275 e. The van der Waals surface area contributed by atoms with E-state index in [1.54, 1.807) is 0 Å². The van der Waals surface area contributed by atoms with Crippen LogP contribution in [0.5, 0.6) is 0 Å². The van der Waals surface area contributed by atoms with Gasteiger partial charge < -0.3 is 9.42 Å². The molecule has 0 saturated carbocycles. The van der Waals surface area contributed by atoms with Crippen molar-refractivity contribution < 1.29 is 4.52 Å². The molecule has 5 rings (SSSR count). The summed E-state index contributed by atoms with van der Waals surface area (Å²) in [6, 6.07) is 9.59. The first-order chi connectivity index (χ1) is 14.5. The van der Waals surface area contributed by atoms with Gasteiger partial charge in [0.05, 0.1) is 6.54 Å². The first kappa shape index (κ1) is 18.9. The van der Waals surface area contributed by atoms with Gasteiger partial charge in [-0.25, -0.2) is 4.98 Å². The van der Waals surface area contributed by atoms with Crippen molar-refractivity contribution in [3.63, 3.8) is 0 Å². The molecule has 4 aromatic rings. The van der Waals surface area contributed by atoms with Crippen molar-refractivity contribution in [2.45, 2.75) is 20.4 Å². The lowest BCUT2D eigenvalue weighted by molar-refractivity contribution is 0.215. The molecule has 1 aromatic carbocycles. The molecule has 4 heterocycles. The Balaban J connectivity index is 1.23. The number of hydrogen-bond acceptors (Lipinski definition) is 9. The molecule has 1 fully saturated rings. The molecule has 0 amide bonds. The summed E-state index contributed by atoms with van der Waals surface area (Å²) in [6.45, 7) is 7.81. The summed E-state index contributed by atoms with van der Waals surface area (Å²) in [5, 5.41) is 9.39. The molecule has 154 valence electrons. The Morgan fingerprint density at radius 2 is 1.83 bits per heavy atom. The van der Waals surface area contributed by atoms with Gasteiger partial charge in [0.2, 0.25) is 21.8 Å². The molecule has 1 aliphatic rings. The summed E-state index contributed by atoms with van der Waals surface area (Å²) >= 11 is 1.45. The number of benzene rings is 1. The van der Waals surface area contributed by atoms with Crippen LogP contribution in [0.4, 0.5) is 5.13 Å².